The number of carbonyl (C=O) groups excluding carboxylic acids is 1. The molecular weight excluding hydrogens is 264 g/mol. The molecule has 1 aromatic rings. The number of nitrogens with two attached hydrogens (primary N) is 1. The van der Waals surface area contributed by atoms with E-state index in [1.54, 1.807) is 12.1 Å². The molecule has 0 unspecified atom stereocenters. The van der Waals surface area contributed by atoms with Crippen molar-refractivity contribution in [1.82, 2.24) is 5.32 Å². The molecule has 0 aliphatic heterocycles. The lowest BCUT2D eigenvalue weighted by atomic mass is 9.95. The minimum atomic E-state index is -0.148. The predicted molar refractivity (Wildman–Crippen MR) is 76.8 cm³/mol. The van der Waals surface area contributed by atoms with Gasteiger partial charge in [0.15, 0.2) is 0 Å². The number of hydrogen-bond acceptors (Lipinski definition) is 3. The number of carbonyl (C=O) groups is 1. The van der Waals surface area contributed by atoms with Crippen molar-refractivity contribution in [2.75, 3.05) is 12.8 Å². The van der Waals surface area contributed by atoms with Crippen molar-refractivity contribution in [3.05, 3.63) is 22.7 Å². The highest BCUT2D eigenvalue weighted by Crippen LogP contribution is 2.29. The molecule has 1 fully saturated rings. The highest BCUT2D eigenvalue weighted by atomic mass is 35.5. The van der Waals surface area contributed by atoms with Crippen molar-refractivity contribution in [3.63, 3.8) is 0 Å². The van der Waals surface area contributed by atoms with Crippen LogP contribution in [0.5, 0.6) is 5.75 Å². The lowest BCUT2D eigenvalue weighted by molar-refractivity contribution is 0.0924. The topological polar surface area (TPSA) is 64.3 Å². The molecule has 1 amide bonds. The fraction of sp³-hybridized carbons (Fsp3) is 0.500. The van der Waals surface area contributed by atoms with E-state index in [9.17, 15) is 4.79 Å². The van der Waals surface area contributed by atoms with Crippen LogP contribution in [-0.4, -0.2) is 19.1 Å². The first kappa shape index (κ1) is 14.0. The molecule has 0 atom stereocenters. The zero-order valence-electron chi connectivity index (χ0n) is 11.0. The summed E-state index contributed by atoms with van der Waals surface area (Å²) in [7, 11) is 1.51. The molecule has 1 aliphatic carbocycles. The normalized spacial score (nSPS) is 16.1. The van der Waals surface area contributed by atoms with Crippen LogP contribution in [0, 0.1) is 0 Å². The lowest BCUT2D eigenvalue weighted by Gasteiger charge is -2.23. The van der Waals surface area contributed by atoms with Crippen LogP contribution in [0.25, 0.3) is 0 Å². The summed E-state index contributed by atoms with van der Waals surface area (Å²) in [6, 6.07) is 3.40. The Balaban J connectivity index is 2.15. The quantitative estimate of drug-likeness (QED) is 0.838. The number of nitrogen functional groups attached to an aromatic ring is 1. The Labute approximate surface area is 118 Å². The smallest absolute Gasteiger partial charge is 0.255 e. The summed E-state index contributed by atoms with van der Waals surface area (Å²) in [5.41, 5.74) is 6.55. The Hall–Kier alpha value is -1.42. The maximum absolute atomic E-state index is 12.3. The molecule has 0 spiro atoms. The Kier molecular flexibility index (Phi) is 4.53. The summed E-state index contributed by atoms with van der Waals surface area (Å²) in [5, 5.41) is 3.41. The van der Waals surface area contributed by atoms with Gasteiger partial charge in [0, 0.05) is 12.1 Å². The minimum absolute atomic E-state index is 0.148. The summed E-state index contributed by atoms with van der Waals surface area (Å²) in [6.07, 6.45) is 5.67. The first-order chi connectivity index (χ1) is 9.11. The predicted octanol–water partition coefficient (Wildman–Crippen LogP) is 2.99. The van der Waals surface area contributed by atoms with Crippen LogP contribution in [0.1, 0.15) is 42.5 Å². The van der Waals surface area contributed by atoms with E-state index >= 15 is 0 Å². The molecular formula is C14H19ClN2O2. The van der Waals surface area contributed by atoms with E-state index < -0.39 is 0 Å². The van der Waals surface area contributed by atoms with Crippen LogP contribution in [0.4, 0.5) is 5.69 Å². The molecule has 0 radical (unpaired) electrons. The number of methoxy groups -OCH3 is 1. The molecule has 19 heavy (non-hydrogen) atoms. The molecule has 2 rings (SSSR count). The third kappa shape index (κ3) is 3.32. The number of rotatable bonds is 3. The van der Waals surface area contributed by atoms with Crippen LogP contribution in [0.15, 0.2) is 12.1 Å². The average molecular weight is 283 g/mol. The van der Waals surface area contributed by atoms with Gasteiger partial charge in [0.1, 0.15) is 5.75 Å². The van der Waals surface area contributed by atoms with E-state index in [0.717, 1.165) is 12.8 Å². The molecule has 1 aromatic carbocycles. The SMILES string of the molecule is COc1cc(N)c(Cl)cc1C(=O)NC1CCCCC1. The number of benzene rings is 1. The van der Waals surface area contributed by atoms with Crippen LogP contribution in [-0.2, 0) is 0 Å². The van der Waals surface area contributed by atoms with E-state index in [4.69, 9.17) is 22.1 Å². The first-order valence-corrected chi connectivity index (χ1v) is 6.93. The van der Waals surface area contributed by atoms with E-state index in [-0.39, 0.29) is 11.9 Å². The van der Waals surface area contributed by atoms with E-state index in [2.05, 4.69) is 5.32 Å². The van der Waals surface area contributed by atoms with Crippen molar-refractivity contribution < 1.29 is 9.53 Å². The summed E-state index contributed by atoms with van der Waals surface area (Å²) in [5.74, 6) is 0.306. The summed E-state index contributed by atoms with van der Waals surface area (Å²) in [4.78, 5) is 12.3. The van der Waals surface area contributed by atoms with Gasteiger partial charge in [-0.3, -0.25) is 4.79 Å². The van der Waals surface area contributed by atoms with Gasteiger partial charge in [0.25, 0.3) is 5.91 Å². The van der Waals surface area contributed by atoms with Crippen molar-refractivity contribution in [1.29, 1.82) is 0 Å². The molecule has 5 heteroatoms. The Morgan fingerprint density at radius 3 is 2.68 bits per heavy atom. The maximum atomic E-state index is 12.3. The van der Waals surface area contributed by atoms with Crippen LogP contribution >= 0.6 is 11.6 Å². The number of anilines is 1. The molecule has 0 bridgehead atoms. The van der Waals surface area contributed by atoms with Crippen LogP contribution in [0.3, 0.4) is 0 Å². The second kappa shape index (κ2) is 6.15. The Bertz CT molecular complexity index is 471. The zero-order valence-corrected chi connectivity index (χ0v) is 11.8. The molecule has 0 saturated heterocycles. The molecule has 104 valence electrons. The zero-order chi connectivity index (χ0) is 13.8. The van der Waals surface area contributed by atoms with Gasteiger partial charge in [-0.05, 0) is 18.9 Å². The Morgan fingerprint density at radius 2 is 2.05 bits per heavy atom. The minimum Gasteiger partial charge on any atom is -0.496 e. The number of nitrogens with one attached hydrogen (secondary N) is 1. The number of ether oxygens (including phenoxy) is 1. The standard InChI is InChI=1S/C14H19ClN2O2/c1-19-13-8-12(16)11(15)7-10(13)14(18)17-9-5-3-2-4-6-9/h7-9H,2-6,16H2,1H3,(H,17,18). The van der Waals surface area contributed by atoms with Gasteiger partial charge >= 0.3 is 0 Å². The van der Waals surface area contributed by atoms with E-state index in [1.165, 1.54) is 26.4 Å². The third-order valence-electron chi connectivity index (χ3n) is 3.50. The summed E-state index contributed by atoms with van der Waals surface area (Å²) < 4.78 is 5.19. The molecule has 1 saturated carbocycles. The number of amides is 1. The van der Waals surface area contributed by atoms with Crippen LogP contribution in [0.2, 0.25) is 5.02 Å². The van der Waals surface area contributed by atoms with Gasteiger partial charge in [-0.1, -0.05) is 30.9 Å². The van der Waals surface area contributed by atoms with Crippen molar-refractivity contribution in [2.24, 2.45) is 0 Å². The van der Waals surface area contributed by atoms with E-state index in [1.807, 2.05) is 0 Å². The monoisotopic (exact) mass is 282 g/mol. The highest BCUT2D eigenvalue weighted by molar-refractivity contribution is 6.33. The van der Waals surface area contributed by atoms with Crippen molar-refractivity contribution in [3.8, 4) is 5.75 Å². The average Bonchev–Trinajstić information content (AvgIpc) is 2.42. The number of hydrogen-bond donors (Lipinski definition) is 2. The fourth-order valence-electron chi connectivity index (χ4n) is 2.43. The first-order valence-electron chi connectivity index (χ1n) is 6.55. The second-order valence-electron chi connectivity index (χ2n) is 4.88. The van der Waals surface area contributed by atoms with Gasteiger partial charge in [-0.2, -0.15) is 0 Å². The highest BCUT2D eigenvalue weighted by Gasteiger charge is 2.20. The maximum Gasteiger partial charge on any atom is 0.255 e. The summed E-state index contributed by atoms with van der Waals surface area (Å²) in [6.45, 7) is 0. The molecule has 0 heterocycles. The molecule has 0 aromatic heterocycles. The van der Waals surface area contributed by atoms with Gasteiger partial charge in [0.05, 0.1) is 23.4 Å². The fourth-order valence-corrected chi connectivity index (χ4v) is 2.59. The summed E-state index contributed by atoms with van der Waals surface area (Å²) >= 11 is 5.97. The van der Waals surface area contributed by atoms with Gasteiger partial charge in [-0.15, -0.1) is 0 Å². The van der Waals surface area contributed by atoms with Gasteiger partial charge in [-0.25, -0.2) is 0 Å². The Morgan fingerprint density at radius 1 is 1.37 bits per heavy atom. The van der Waals surface area contributed by atoms with Crippen molar-refractivity contribution >= 4 is 23.2 Å². The van der Waals surface area contributed by atoms with Crippen LogP contribution < -0.4 is 15.8 Å². The lowest BCUT2D eigenvalue weighted by Crippen LogP contribution is -2.36. The second-order valence-corrected chi connectivity index (χ2v) is 5.29. The molecule has 4 nitrogen and oxygen atoms in total. The van der Waals surface area contributed by atoms with Crippen molar-refractivity contribution in [2.45, 2.75) is 38.1 Å². The molecule has 1 aliphatic rings. The largest absolute Gasteiger partial charge is 0.496 e. The van der Waals surface area contributed by atoms with E-state index in [0.29, 0.717) is 22.0 Å². The third-order valence-corrected chi connectivity index (χ3v) is 3.83. The van der Waals surface area contributed by atoms with Gasteiger partial charge < -0.3 is 15.8 Å². The number of halogens is 1. The molecule has 3 N–H and O–H groups in total. The van der Waals surface area contributed by atoms with Gasteiger partial charge in [0.2, 0.25) is 0 Å².